The lowest BCUT2D eigenvalue weighted by atomic mass is 10.3. The van der Waals surface area contributed by atoms with E-state index in [9.17, 15) is 9.59 Å². The van der Waals surface area contributed by atoms with Gasteiger partial charge in [0.1, 0.15) is 0 Å². The van der Waals surface area contributed by atoms with Crippen LogP contribution in [0.15, 0.2) is 18.3 Å². The summed E-state index contributed by atoms with van der Waals surface area (Å²) in [7, 11) is 1.19. The van der Waals surface area contributed by atoms with E-state index in [1.165, 1.54) is 25.4 Å². The van der Waals surface area contributed by atoms with Gasteiger partial charge in [0.25, 0.3) is 0 Å². The molecule has 0 spiro atoms. The predicted octanol–water partition coefficient (Wildman–Crippen LogP) is 0.958. The second-order valence-corrected chi connectivity index (χ2v) is 2.32. The van der Waals surface area contributed by atoms with Crippen LogP contribution in [0, 0.1) is 0 Å². The highest BCUT2D eigenvalue weighted by atomic mass is 16.5. The van der Waals surface area contributed by atoms with Crippen LogP contribution in [0.2, 0.25) is 0 Å². The largest absolute Gasteiger partial charge is 0.476 e. The fourth-order valence-corrected chi connectivity index (χ4v) is 0.838. The molecule has 1 aromatic rings. The number of ether oxygens (including phenoxy) is 1. The molecular weight excluding hydrogens is 188 g/mol. The lowest BCUT2D eigenvalue weighted by Gasteiger charge is -2.05. The number of hydrogen-bond donors (Lipinski definition) is 2. The van der Waals surface area contributed by atoms with Crippen molar-refractivity contribution in [2.24, 2.45) is 0 Å². The van der Waals surface area contributed by atoms with Gasteiger partial charge in [-0.2, -0.15) is 0 Å². The van der Waals surface area contributed by atoms with Gasteiger partial charge in [0, 0.05) is 6.20 Å². The first kappa shape index (κ1) is 9.97. The van der Waals surface area contributed by atoms with Crippen molar-refractivity contribution in [3.05, 3.63) is 24.0 Å². The third kappa shape index (κ3) is 2.19. The SMILES string of the molecule is COC(=O)Nc1cccnc1C(=O)O. The Bertz CT molecular complexity index is 364. The van der Waals surface area contributed by atoms with Crippen LogP contribution in [0.5, 0.6) is 0 Å². The summed E-state index contributed by atoms with van der Waals surface area (Å²) in [6.07, 6.45) is 0.590. The van der Waals surface area contributed by atoms with Crippen LogP contribution in [0.4, 0.5) is 10.5 Å². The van der Waals surface area contributed by atoms with Gasteiger partial charge < -0.3 is 9.84 Å². The Morgan fingerprint density at radius 2 is 2.29 bits per heavy atom. The van der Waals surface area contributed by atoms with Crippen molar-refractivity contribution >= 4 is 17.7 Å². The van der Waals surface area contributed by atoms with Crippen LogP contribution in [-0.4, -0.2) is 29.3 Å². The van der Waals surface area contributed by atoms with Crippen LogP contribution in [-0.2, 0) is 4.74 Å². The summed E-state index contributed by atoms with van der Waals surface area (Å²) < 4.78 is 4.32. The van der Waals surface area contributed by atoms with Crippen molar-refractivity contribution in [2.45, 2.75) is 0 Å². The molecule has 1 aromatic heterocycles. The quantitative estimate of drug-likeness (QED) is 0.735. The Kier molecular flexibility index (Phi) is 3.01. The number of hydrogen-bond acceptors (Lipinski definition) is 4. The maximum absolute atomic E-state index is 10.8. The van der Waals surface area contributed by atoms with E-state index in [0.29, 0.717) is 0 Å². The zero-order valence-corrected chi connectivity index (χ0v) is 7.35. The number of nitrogens with zero attached hydrogens (tertiary/aromatic N) is 1. The molecule has 0 aromatic carbocycles. The first-order valence-corrected chi connectivity index (χ1v) is 3.68. The van der Waals surface area contributed by atoms with E-state index >= 15 is 0 Å². The van der Waals surface area contributed by atoms with Gasteiger partial charge in [0.05, 0.1) is 12.8 Å². The molecule has 0 aliphatic heterocycles. The summed E-state index contributed by atoms with van der Waals surface area (Å²) in [4.78, 5) is 25.0. The lowest BCUT2D eigenvalue weighted by molar-refractivity contribution is 0.0692. The molecule has 0 saturated heterocycles. The van der Waals surface area contributed by atoms with Gasteiger partial charge in [0.2, 0.25) is 0 Å². The molecule has 0 fully saturated rings. The molecule has 0 radical (unpaired) electrons. The fourth-order valence-electron chi connectivity index (χ4n) is 0.838. The van der Waals surface area contributed by atoms with Gasteiger partial charge in [-0.05, 0) is 12.1 Å². The van der Waals surface area contributed by atoms with E-state index in [1.807, 2.05) is 0 Å². The molecule has 0 aliphatic carbocycles. The molecule has 1 amide bonds. The molecule has 6 nitrogen and oxygen atoms in total. The van der Waals surface area contributed by atoms with Crippen LogP contribution in [0.3, 0.4) is 0 Å². The first-order valence-electron chi connectivity index (χ1n) is 3.68. The zero-order valence-electron chi connectivity index (χ0n) is 7.35. The summed E-state index contributed by atoms with van der Waals surface area (Å²) in [6.45, 7) is 0. The van der Waals surface area contributed by atoms with Crippen molar-refractivity contribution in [2.75, 3.05) is 12.4 Å². The number of anilines is 1. The van der Waals surface area contributed by atoms with E-state index < -0.39 is 12.1 Å². The molecule has 6 heteroatoms. The van der Waals surface area contributed by atoms with Gasteiger partial charge in [-0.3, -0.25) is 5.32 Å². The molecule has 0 bridgehead atoms. The highest BCUT2D eigenvalue weighted by Gasteiger charge is 2.12. The van der Waals surface area contributed by atoms with Crippen molar-refractivity contribution in [1.82, 2.24) is 4.98 Å². The number of methoxy groups -OCH3 is 1. The van der Waals surface area contributed by atoms with Crippen molar-refractivity contribution in [3.8, 4) is 0 Å². The fraction of sp³-hybridized carbons (Fsp3) is 0.125. The van der Waals surface area contributed by atoms with Crippen LogP contribution in [0.1, 0.15) is 10.5 Å². The van der Waals surface area contributed by atoms with Crippen molar-refractivity contribution < 1.29 is 19.4 Å². The Balaban J connectivity index is 2.95. The number of carbonyl (C=O) groups is 2. The number of pyridine rings is 1. The Morgan fingerprint density at radius 1 is 1.57 bits per heavy atom. The third-order valence-electron chi connectivity index (χ3n) is 1.43. The standard InChI is InChI=1S/C8H8N2O4/c1-14-8(13)10-5-3-2-4-9-6(5)7(11)12/h2-4H,1H3,(H,10,13)(H,11,12). The predicted molar refractivity (Wildman–Crippen MR) is 47.2 cm³/mol. The summed E-state index contributed by atoms with van der Waals surface area (Å²) in [5.41, 5.74) is -0.121. The number of amides is 1. The average Bonchev–Trinajstić information content (AvgIpc) is 2.18. The molecular formula is C8H8N2O4. The van der Waals surface area contributed by atoms with Crippen LogP contribution in [0.25, 0.3) is 0 Å². The van der Waals surface area contributed by atoms with Crippen LogP contribution >= 0.6 is 0 Å². The van der Waals surface area contributed by atoms with E-state index in [0.717, 1.165) is 0 Å². The monoisotopic (exact) mass is 196 g/mol. The second kappa shape index (κ2) is 4.22. The number of carboxylic acid groups (broad SMARTS) is 1. The average molecular weight is 196 g/mol. The van der Waals surface area contributed by atoms with Gasteiger partial charge in [0.15, 0.2) is 5.69 Å². The number of carbonyl (C=O) groups excluding carboxylic acids is 1. The first-order chi connectivity index (χ1) is 6.65. The second-order valence-electron chi connectivity index (χ2n) is 2.32. The topological polar surface area (TPSA) is 88.5 Å². The molecule has 2 N–H and O–H groups in total. The van der Waals surface area contributed by atoms with Gasteiger partial charge >= 0.3 is 12.1 Å². The molecule has 0 saturated carbocycles. The third-order valence-corrected chi connectivity index (χ3v) is 1.43. The lowest BCUT2D eigenvalue weighted by Crippen LogP contribution is -2.15. The number of nitrogens with one attached hydrogen (secondary N) is 1. The summed E-state index contributed by atoms with van der Waals surface area (Å²) in [5, 5.41) is 10.9. The van der Waals surface area contributed by atoms with E-state index in [1.54, 1.807) is 0 Å². The molecule has 0 atom stereocenters. The molecule has 74 valence electrons. The number of aromatic carboxylic acids is 1. The van der Waals surface area contributed by atoms with Crippen molar-refractivity contribution in [1.29, 1.82) is 0 Å². The van der Waals surface area contributed by atoms with Crippen LogP contribution < -0.4 is 5.32 Å². The maximum atomic E-state index is 10.8. The molecule has 14 heavy (non-hydrogen) atoms. The minimum absolute atomic E-state index is 0.104. The molecule has 1 heterocycles. The van der Waals surface area contributed by atoms with Gasteiger partial charge in [-0.15, -0.1) is 0 Å². The number of carboxylic acids is 1. The van der Waals surface area contributed by atoms with Gasteiger partial charge in [-0.1, -0.05) is 0 Å². The minimum Gasteiger partial charge on any atom is -0.476 e. The van der Waals surface area contributed by atoms with Crippen molar-refractivity contribution in [3.63, 3.8) is 0 Å². The normalized spacial score (nSPS) is 9.21. The van der Waals surface area contributed by atoms with Gasteiger partial charge in [-0.25, -0.2) is 14.6 Å². The van der Waals surface area contributed by atoms with E-state index in [-0.39, 0.29) is 11.4 Å². The van der Waals surface area contributed by atoms with E-state index in [2.05, 4.69) is 15.0 Å². The van der Waals surface area contributed by atoms with E-state index in [4.69, 9.17) is 5.11 Å². The molecule has 1 rings (SSSR count). The summed E-state index contributed by atoms with van der Waals surface area (Å²) >= 11 is 0. The summed E-state index contributed by atoms with van der Waals surface area (Å²) in [5.74, 6) is -1.21. The number of aromatic nitrogens is 1. The smallest absolute Gasteiger partial charge is 0.411 e. The highest BCUT2D eigenvalue weighted by molar-refractivity contribution is 5.96. The Labute approximate surface area is 79.5 Å². The molecule has 0 unspecified atom stereocenters. The number of rotatable bonds is 2. The minimum atomic E-state index is -1.21. The molecule has 0 aliphatic rings. The maximum Gasteiger partial charge on any atom is 0.411 e. The zero-order chi connectivity index (χ0) is 10.6. The Morgan fingerprint density at radius 3 is 2.86 bits per heavy atom. The summed E-state index contributed by atoms with van der Waals surface area (Å²) in [6, 6.07) is 2.94. The highest BCUT2D eigenvalue weighted by Crippen LogP contribution is 2.11. The Hall–Kier alpha value is -2.11.